The Morgan fingerprint density at radius 2 is 1.83 bits per heavy atom. The molecule has 35 heavy (non-hydrogen) atoms. The average Bonchev–Trinajstić information content (AvgIpc) is 2.87. The number of imide groups is 1. The molecule has 1 heterocycles. The molecule has 4 amide bonds. The molecule has 3 rings (SSSR count). The number of rotatable bonds is 9. The van der Waals surface area contributed by atoms with Gasteiger partial charge in [-0.15, -0.1) is 0 Å². The highest BCUT2D eigenvalue weighted by Gasteiger charge is 2.27. The van der Waals surface area contributed by atoms with Gasteiger partial charge in [0.25, 0.3) is 0 Å². The summed E-state index contributed by atoms with van der Waals surface area (Å²) < 4.78 is 0. The molecule has 10 heteroatoms. The maximum atomic E-state index is 12.7. The van der Waals surface area contributed by atoms with Crippen LogP contribution in [-0.4, -0.2) is 58.6 Å². The van der Waals surface area contributed by atoms with E-state index in [1.165, 1.54) is 12.6 Å². The van der Waals surface area contributed by atoms with E-state index in [0.717, 1.165) is 54.8 Å². The number of carbonyl (C=O) groups excluding carboxylic acids is 2. The van der Waals surface area contributed by atoms with Crippen LogP contribution < -0.4 is 21.7 Å². The Hall–Kier alpha value is -3.37. The van der Waals surface area contributed by atoms with Crippen molar-refractivity contribution in [2.24, 2.45) is 5.92 Å². The van der Waals surface area contributed by atoms with Gasteiger partial charge in [-0.2, -0.15) is 5.53 Å². The number of aliphatic carboxylic acids is 1. The summed E-state index contributed by atoms with van der Waals surface area (Å²) in [5.41, 5.74) is 11.5. The topological polar surface area (TPSA) is 126 Å². The monoisotopic (exact) mass is 484 g/mol. The zero-order chi connectivity index (χ0) is 25.2. The molecule has 1 aromatic carbocycles. The number of benzene rings is 1. The van der Waals surface area contributed by atoms with E-state index in [9.17, 15) is 19.5 Å². The van der Waals surface area contributed by atoms with E-state index in [1.54, 1.807) is 0 Å². The van der Waals surface area contributed by atoms with Gasteiger partial charge in [0.05, 0.1) is 5.92 Å². The molecule has 0 spiro atoms. The second kappa shape index (κ2) is 12.9. The zero-order valence-electron chi connectivity index (χ0n) is 20.4. The standard InChI is InChI=1S/C25H36N6O4/c1-18-8-10-20(11-9-18)16-26-24(34)31(17-19(2)23(32)33)25(35)28-29-27-21-12-14-30(15-13-21)22-6-4-3-5-7-22/h4,6-11,19,21,27,29H,3,5,12-17H2,1-2H3,(H,26,34)(H,28,35)(H,32,33)/t19-/m0/s1. The van der Waals surface area contributed by atoms with Crippen molar-refractivity contribution in [2.45, 2.75) is 52.1 Å². The molecule has 5 N–H and O–H groups in total. The molecule has 0 bridgehead atoms. The van der Waals surface area contributed by atoms with E-state index in [2.05, 4.69) is 44.8 Å². The predicted octanol–water partition coefficient (Wildman–Crippen LogP) is 2.64. The molecule has 1 aromatic rings. The Balaban J connectivity index is 1.47. The van der Waals surface area contributed by atoms with Crippen LogP contribution in [0.15, 0.2) is 48.2 Å². The summed E-state index contributed by atoms with van der Waals surface area (Å²) in [6.45, 7) is 5.20. The lowest BCUT2D eigenvalue weighted by Gasteiger charge is -2.35. The lowest BCUT2D eigenvalue weighted by molar-refractivity contribution is -0.141. The number of allylic oxidation sites excluding steroid dienone is 3. The summed E-state index contributed by atoms with van der Waals surface area (Å²) in [5.74, 6) is -2.00. The molecule has 1 aliphatic heterocycles. The van der Waals surface area contributed by atoms with Crippen molar-refractivity contribution < 1.29 is 19.5 Å². The highest BCUT2D eigenvalue weighted by Crippen LogP contribution is 2.19. The Labute approximate surface area is 206 Å². The van der Waals surface area contributed by atoms with Crippen LogP contribution in [-0.2, 0) is 11.3 Å². The summed E-state index contributed by atoms with van der Waals surface area (Å²) in [5, 5.41) is 11.9. The number of likely N-dealkylation sites (tertiary alicyclic amines) is 1. The molecule has 1 aliphatic carbocycles. The molecule has 1 saturated heterocycles. The molecule has 0 unspecified atom stereocenters. The Kier molecular flexibility index (Phi) is 9.68. The van der Waals surface area contributed by atoms with Crippen molar-refractivity contribution in [1.82, 2.24) is 31.5 Å². The van der Waals surface area contributed by atoms with Gasteiger partial charge < -0.3 is 15.3 Å². The number of carboxylic acid groups (broad SMARTS) is 1. The van der Waals surface area contributed by atoms with Crippen LogP contribution in [0.1, 0.15) is 43.7 Å². The largest absolute Gasteiger partial charge is 0.481 e. The molecule has 0 saturated carbocycles. The van der Waals surface area contributed by atoms with Gasteiger partial charge in [-0.3, -0.25) is 10.2 Å². The minimum absolute atomic E-state index is 0.154. The van der Waals surface area contributed by atoms with Gasteiger partial charge >= 0.3 is 18.0 Å². The minimum atomic E-state index is -1.09. The highest BCUT2D eigenvalue weighted by molar-refractivity contribution is 5.93. The van der Waals surface area contributed by atoms with E-state index >= 15 is 0 Å². The molecule has 0 radical (unpaired) electrons. The number of hydrazine groups is 2. The van der Waals surface area contributed by atoms with Crippen molar-refractivity contribution in [3.05, 3.63) is 59.3 Å². The first-order valence-electron chi connectivity index (χ1n) is 12.1. The number of urea groups is 2. The molecular weight excluding hydrogens is 448 g/mol. The first kappa shape index (κ1) is 26.2. The van der Waals surface area contributed by atoms with Crippen LogP contribution in [0.3, 0.4) is 0 Å². The number of hydrogen-bond donors (Lipinski definition) is 5. The maximum Gasteiger partial charge on any atom is 0.340 e. The molecule has 1 fully saturated rings. The van der Waals surface area contributed by atoms with E-state index in [-0.39, 0.29) is 19.1 Å². The fourth-order valence-electron chi connectivity index (χ4n) is 3.96. The highest BCUT2D eigenvalue weighted by atomic mass is 16.4. The Bertz CT molecular complexity index is 938. The fraction of sp³-hybridized carbons (Fsp3) is 0.480. The fourth-order valence-corrected chi connectivity index (χ4v) is 3.96. The second-order valence-corrected chi connectivity index (χ2v) is 9.06. The number of hydrogen-bond acceptors (Lipinski definition) is 6. The van der Waals surface area contributed by atoms with Crippen molar-refractivity contribution in [1.29, 1.82) is 0 Å². The third-order valence-electron chi connectivity index (χ3n) is 6.21. The number of aryl methyl sites for hydroxylation is 1. The predicted molar refractivity (Wildman–Crippen MR) is 133 cm³/mol. The number of nitrogens with one attached hydrogen (secondary N) is 4. The number of carboxylic acids is 1. The van der Waals surface area contributed by atoms with Gasteiger partial charge in [-0.05, 0) is 44.2 Å². The molecule has 0 aromatic heterocycles. The van der Waals surface area contributed by atoms with Crippen LogP contribution in [0.25, 0.3) is 0 Å². The van der Waals surface area contributed by atoms with Gasteiger partial charge in [0.15, 0.2) is 0 Å². The number of nitrogens with zero attached hydrogens (tertiary/aromatic N) is 2. The normalized spacial score (nSPS) is 16.9. The van der Waals surface area contributed by atoms with Crippen molar-refractivity contribution in [3.8, 4) is 0 Å². The third-order valence-corrected chi connectivity index (χ3v) is 6.21. The second-order valence-electron chi connectivity index (χ2n) is 9.06. The minimum Gasteiger partial charge on any atom is -0.481 e. The van der Waals surface area contributed by atoms with Crippen molar-refractivity contribution in [3.63, 3.8) is 0 Å². The van der Waals surface area contributed by atoms with Gasteiger partial charge in [-0.1, -0.05) is 48.9 Å². The summed E-state index contributed by atoms with van der Waals surface area (Å²) in [6, 6.07) is 6.39. The zero-order valence-corrected chi connectivity index (χ0v) is 20.4. The number of carbonyl (C=O) groups is 3. The van der Waals surface area contributed by atoms with Crippen molar-refractivity contribution >= 4 is 18.0 Å². The quantitative estimate of drug-likeness (QED) is 0.341. The van der Waals surface area contributed by atoms with Crippen molar-refractivity contribution in [2.75, 3.05) is 19.6 Å². The van der Waals surface area contributed by atoms with E-state index in [4.69, 9.17) is 0 Å². The molecule has 2 aliphatic rings. The van der Waals surface area contributed by atoms with Gasteiger partial charge in [-0.25, -0.2) is 19.9 Å². The molecule has 190 valence electrons. The van der Waals surface area contributed by atoms with Crippen LogP contribution in [0.4, 0.5) is 9.59 Å². The van der Waals surface area contributed by atoms with Gasteiger partial charge in [0.1, 0.15) is 0 Å². The Morgan fingerprint density at radius 1 is 1.11 bits per heavy atom. The van der Waals surface area contributed by atoms with Crippen LogP contribution in [0, 0.1) is 12.8 Å². The van der Waals surface area contributed by atoms with Crippen LogP contribution >= 0.6 is 0 Å². The SMILES string of the molecule is Cc1ccc(CNC(=O)N(C[C@H](C)C(=O)O)C(=O)NNNC2CCN(C3=CCCC=C3)CC2)cc1. The van der Waals surface area contributed by atoms with Gasteiger partial charge in [0, 0.05) is 37.9 Å². The van der Waals surface area contributed by atoms with E-state index in [1.807, 2.05) is 31.2 Å². The smallest absolute Gasteiger partial charge is 0.340 e. The lowest BCUT2D eigenvalue weighted by Crippen LogP contribution is -2.58. The summed E-state index contributed by atoms with van der Waals surface area (Å²) in [4.78, 5) is 40.0. The Morgan fingerprint density at radius 3 is 2.46 bits per heavy atom. The van der Waals surface area contributed by atoms with Gasteiger partial charge in [0.2, 0.25) is 0 Å². The van der Waals surface area contributed by atoms with E-state index < -0.39 is 23.9 Å². The summed E-state index contributed by atoms with van der Waals surface area (Å²) in [6.07, 6.45) is 10.6. The molecule has 1 atom stereocenters. The van der Waals surface area contributed by atoms with Crippen LogP contribution in [0.2, 0.25) is 0 Å². The molecular formula is C25H36N6O4. The lowest BCUT2D eigenvalue weighted by atomic mass is 10.0. The first-order valence-corrected chi connectivity index (χ1v) is 12.1. The first-order chi connectivity index (χ1) is 16.8. The number of amides is 4. The van der Waals surface area contributed by atoms with E-state index in [0.29, 0.717) is 0 Å². The average molecular weight is 485 g/mol. The summed E-state index contributed by atoms with van der Waals surface area (Å²) >= 11 is 0. The molecule has 10 nitrogen and oxygen atoms in total. The van der Waals surface area contributed by atoms with Crippen LogP contribution in [0.5, 0.6) is 0 Å². The third kappa shape index (κ3) is 8.11. The summed E-state index contributed by atoms with van der Waals surface area (Å²) in [7, 11) is 0. The maximum absolute atomic E-state index is 12.7. The number of piperidine rings is 1.